The molecule has 1 saturated heterocycles. The second-order valence-electron chi connectivity index (χ2n) is 6.90. The number of carbonyl (C=O) groups excluding carboxylic acids is 1. The largest absolute Gasteiger partial charge is 0.338 e. The van der Waals surface area contributed by atoms with Crippen LogP contribution in [0.2, 0.25) is 0 Å². The lowest BCUT2D eigenvalue weighted by molar-refractivity contribution is -0.131. The molecular weight excluding hydrogens is 398 g/mol. The fraction of sp³-hybridized carbons (Fsp3) is 0.526. The smallest absolute Gasteiger partial charge is 0.262 e. The van der Waals surface area contributed by atoms with Crippen molar-refractivity contribution in [1.82, 2.24) is 14.5 Å². The van der Waals surface area contributed by atoms with Gasteiger partial charge in [-0.3, -0.25) is 14.2 Å². The first-order valence-electron chi connectivity index (χ1n) is 9.44. The lowest BCUT2D eigenvalue weighted by Gasteiger charge is -2.29. The Kier molecular flexibility index (Phi) is 6.14. The minimum atomic E-state index is -3.07. The van der Waals surface area contributed by atoms with E-state index in [4.69, 9.17) is 0 Å². The highest BCUT2D eigenvalue weighted by molar-refractivity contribution is 8.00. The van der Waals surface area contributed by atoms with Crippen LogP contribution in [-0.2, 0) is 21.2 Å². The molecule has 1 amide bonds. The van der Waals surface area contributed by atoms with Crippen LogP contribution >= 0.6 is 11.8 Å². The number of thioether (sulfide) groups is 1. The summed E-state index contributed by atoms with van der Waals surface area (Å²) in [6.45, 7) is 6.42. The molecule has 2 atom stereocenters. The van der Waals surface area contributed by atoms with E-state index in [-0.39, 0.29) is 29.0 Å². The van der Waals surface area contributed by atoms with Crippen molar-refractivity contribution in [3.63, 3.8) is 0 Å². The molecule has 0 unspecified atom stereocenters. The van der Waals surface area contributed by atoms with E-state index in [1.165, 1.54) is 11.8 Å². The van der Waals surface area contributed by atoms with Crippen LogP contribution in [-0.4, -0.2) is 58.1 Å². The third-order valence-electron chi connectivity index (χ3n) is 5.05. The van der Waals surface area contributed by atoms with E-state index in [0.717, 1.165) is 0 Å². The predicted octanol–water partition coefficient (Wildman–Crippen LogP) is 1.93. The lowest BCUT2D eigenvalue weighted by Crippen LogP contribution is -2.44. The predicted molar refractivity (Wildman–Crippen MR) is 111 cm³/mol. The first-order chi connectivity index (χ1) is 13.3. The van der Waals surface area contributed by atoms with Gasteiger partial charge in [0.05, 0.1) is 27.7 Å². The zero-order chi connectivity index (χ0) is 20.5. The Balaban J connectivity index is 1.86. The van der Waals surface area contributed by atoms with Crippen LogP contribution in [0.3, 0.4) is 0 Å². The summed E-state index contributed by atoms with van der Waals surface area (Å²) in [6.07, 6.45) is 0.479. The van der Waals surface area contributed by atoms with E-state index in [9.17, 15) is 18.0 Å². The van der Waals surface area contributed by atoms with Gasteiger partial charge < -0.3 is 4.90 Å². The molecule has 0 N–H and O–H groups in total. The van der Waals surface area contributed by atoms with Gasteiger partial charge in [-0.2, -0.15) is 0 Å². The van der Waals surface area contributed by atoms with Crippen molar-refractivity contribution in [1.29, 1.82) is 0 Å². The molecule has 3 rings (SSSR count). The van der Waals surface area contributed by atoms with Gasteiger partial charge in [0.15, 0.2) is 15.0 Å². The molecule has 1 aromatic carbocycles. The number of amides is 1. The summed E-state index contributed by atoms with van der Waals surface area (Å²) < 4.78 is 25.2. The Morgan fingerprint density at radius 3 is 2.68 bits per heavy atom. The second-order valence-corrected chi connectivity index (χ2v) is 10.4. The maximum Gasteiger partial charge on any atom is 0.262 e. The van der Waals surface area contributed by atoms with Gasteiger partial charge >= 0.3 is 0 Å². The van der Waals surface area contributed by atoms with E-state index in [1.54, 1.807) is 34.6 Å². The number of nitrogens with zero attached hydrogens (tertiary/aromatic N) is 3. The monoisotopic (exact) mass is 423 g/mol. The van der Waals surface area contributed by atoms with E-state index < -0.39 is 15.1 Å². The molecular formula is C19H25N3O4S2. The Hall–Kier alpha value is -1.87. The van der Waals surface area contributed by atoms with Crippen LogP contribution < -0.4 is 5.56 Å². The average Bonchev–Trinajstić information content (AvgIpc) is 3.02. The first kappa shape index (κ1) is 20.9. The van der Waals surface area contributed by atoms with Crippen molar-refractivity contribution in [2.24, 2.45) is 0 Å². The topological polar surface area (TPSA) is 89.3 Å². The Bertz CT molecular complexity index is 1050. The van der Waals surface area contributed by atoms with Crippen LogP contribution in [0.15, 0.2) is 34.2 Å². The highest BCUT2D eigenvalue weighted by Crippen LogP contribution is 2.26. The number of para-hydroxylation sites is 1. The summed E-state index contributed by atoms with van der Waals surface area (Å²) in [4.78, 5) is 32.0. The maximum absolute atomic E-state index is 13.0. The molecule has 1 aliphatic heterocycles. The highest BCUT2D eigenvalue weighted by Gasteiger charge is 2.35. The average molecular weight is 424 g/mol. The van der Waals surface area contributed by atoms with Crippen LogP contribution in [0.1, 0.15) is 27.2 Å². The van der Waals surface area contributed by atoms with Crippen LogP contribution in [0.25, 0.3) is 10.9 Å². The van der Waals surface area contributed by atoms with Crippen molar-refractivity contribution in [2.75, 3.05) is 18.1 Å². The zero-order valence-corrected chi connectivity index (χ0v) is 17.9. The minimum Gasteiger partial charge on any atom is -0.338 e. The number of rotatable bonds is 6. The number of aromatic nitrogens is 2. The first-order valence-corrected chi connectivity index (χ1v) is 12.1. The summed E-state index contributed by atoms with van der Waals surface area (Å²) in [5.41, 5.74) is 0.484. The second kappa shape index (κ2) is 8.24. The van der Waals surface area contributed by atoms with Gasteiger partial charge in [-0.25, -0.2) is 13.4 Å². The fourth-order valence-corrected chi connectivity index (χ4v) is 6.35. The highest BCUT2D eigenvalue weighted by atomic mass is 32.2. The molecule has 2 heterocycles. The van der Waals surface area contributed by atoms with E-state index in [1.807, 2.05) is 19.9 Å². The van der Waals surface area contributed by atoms with Crippen LogP contribution in [0.5, 0.6) is 0 Å². The molecule has 2 aromatic rings. The molecule has 1 aromatic heterocycles. The quantitative estimate of drug-likeness (QED) is 0.521. The molecule has 28 heavy (non-hydrogen) atoms. The van der Waals surface area contributed by atoms with Gasteiger partial charge in [-0.15, -0.1) is 0 Å². The van der Waals surface area contributed by atoms with Gasteiger partial charge in [0.2, 0.25) is 5.91 Å². The minimum absolute atomic E-state index is 0.0257. The summed E-state index contributed by atoms with van der Waals surface area (Å²) in [7, 11) is -3.07. The van der Waals surface area contributed by atoms with Gasteiger partial charge in [0.25, 0.3) is 5.56 Å². The van der Waals surface area contributed by atoms with Crippen molar-refractivity contribution in [3.8, 4) is 0 Å². The molecule has 7 nitrogen and oxygen atoms in total. The number of fused-ring (bicyclic) bond motifs is 1. The summed E-state index contributed by atoms with van der Waals surface area (Å²) in [5, 5.41) is 0.579. The van der Waals surface area contributed by atoms with E-state index in [2.05, 4.69) is 4.98 Å². The zero-order valence-electron chi connectivity index (χ0n) is 16.3. The Morgan fingerprint density at radius 1 is 1.36 bits per heavy atom. The SMILES string of the molecule is CCN(C(=O)[C@H](C)Sc1nc2ccccc2c(=O)n1CC)[C@H]1CCS(=O)(=O)C1. The number of hydrogen-bond donors (Lipinski definition) is 0. The fourth-order valence-electron chi connectivity index (χ4n) is 3.57. The molecule has 1 fully saturated rings. The van der Waals surface area contributed by atoms with Gasteiger partial charge in [-0.1, -0.05) is 23.9 Å². The summed E-state index contributed by atoms with van der Waals surface area (Å²) in [6, 6.07) is 6.89. The van der Waals surface area contributed by atoms with E-state index >= 15 is 0 Å². The molecule has 0 saturated carbocycles. The number of benzene rings is 1. The van der Waals surface area contributed by atoms with Crippen molar-refractivity contribution >= 4 is 38.4 Å². The molecule has 0 radical (unpaired) electrons. The molecule has 1 aliphatic rings. The number of hydrogen-bond acceptors (Lipinski definition) is 6. The summed E-state index contributed by atoms with van der Waals surface area (Å²) >= 11 is 1.25. The molecule has 0 bridgehead atoms. The van der Waals surface area contributed by atoms with Gasteiger partial charge in [0, 0.05) is 19.1 Å². The molecule has 0 spiro atoms. The Morgan fingerprint density at radius 2 is 2.07 bits per heavy atom. The Labute approximate surface area is 169 Å². The number of carbonyl (C=O) groups is 1. The maximum atomic E-state index is 13.0. The third-order valence-corrected chi connectivity index (χ3v) is 7.87. The standard InChI is InChI=1S/C19H25N3O4S2/c1-4-21(14-10-11-28(25,26)12-14)17(23)13(3)27-19-20-16-9-7-6-8-15(16)18(24)22(19)5-2/h6-9,13-14H,4-5,10-12H2,1-3H3/t13-,14-/m0/s1. The normalized spacial score (nSPS) is 19.6. The molecule has 9 heteroatoms. The molecule has 0 aliphatic carbocycles. The van der Waals surface area contributed by atoms with Crippen LogP contribution in [0, 0.1) is 0 Å². The van der Waals surface area contributed by atoms with Crippen LogP contribution in [0.4, 0.5) is 0 Å². The summed E-state index contributed by atoms with van der Waals surface area (Å²) in [5.74, 6) is 0.0299. The van der Waals surface area contributed by atoms with E-state index in [0.29, 0.717) is 35.6 Å². The lowest BCUT2D eigenvalue weighted by atomic mass is 10.2. The number of sulfone groups is 1. The van der Waals surface area contributed by atoms with Crippen molar-refractivity contribution in [2.45, 2.75) is 50.2 Å². The van der Waals surface area contributed by atoms with Crippen molar-refractivity contribution in [3.05, 3.63) is 34.6 Å². The van der Waals surface area contributed by atoms with Crippen molar-refractivity contribution < 1.29 is 13.2 Å². The molecule has 152 valence electrons. The van der Waals surface area contributed by atoms with Gasteiger partial charge in [-0.05, 0) is 39.3 Å². The van der Waals surface area contributed by atoms with Gasteiger partial charge in [0.1, 0.15) is 0 Å². The third kappa shape index (κ3) is 4.10.